The molecule has 1 fully saturated rings. The quantitative estimate of drug-likeness (QED) is 0.0149. The van der Waals surface area contributed by atoms with Crippen LogP contribution in [0, 0.1) is 0 Å². The van der Waals surface area contributed by atoms with Gasteiger partial charge in [-0.15, -0.1) is 0 Å². The predicted molar refractivity (Wildman–Crippen MR) is 269 cm³/mol. The molecule has 11 nitrogen and oxygen atoms in total. The first kappa shape index (κ1) is 61.4. The molecule has 1 heterocycles. The van der Waals surface area contributed by atoms with Crippen LogP contribution in [0.4, 0.5) is 0 Å². The standard InChI is InChI=1S/C55H97NO10/c1-3-5-7-9-11-13-15-22-25-29-33-37-41-48(58)47(46-65-55-54(63)53(62)52(61)49(45-57)66-55)56-50(59)42-38-34-30-26-23-19-17-16-18-20-24-28-32-36-40-44-64-51(60)43-39-35-31-27-21-14-12-10-8-6-4-2/h9,11,16,18,20,22,24-25,37,41,47-49,52-55,57-58,61-63H,3-8,10,12-15,17,19,21,23,26-36,38-40,42-46H2,1-2H3,(H,56,59)/b11-9+,18-16-,24-20-,25-22+,41-37+. The number of amides is 1. The van der Waals surface area contributed by atoms with Crippen molar-refractivity contribution in [3.8, 4) is 0 Å². The fourth-order valence-corrected chi connectivity index (χ4v) is 7.79. The van der Waals surface area contributed by atoms with Crippen molar-refractivity contribution in [3.05, 3.63) is 60.8 Å². The highest BCUT2D eigenvalue weighted by molar-refractivity contribution is 5.76. The van der Waals surface area contributed by atoms with E-state index in [4.69, 9.17) is 14.2 Å². The normalized spacial score (nSPS) is 20.1. The summed E-state index contributed by atoms with van der Waals surface area (Å²) in [6, 6.07) is -0.851. The molecule has 382 valence electrons. The molecule has 1 saturated heterocycles. The Morgan fingerprint density at radius 3 is 1.62 bits per heavy atom. The van der Waals surface area contributed by atoms with Gasteiger partial charge in [0.05, 0.1) is 32.0 Å². The molecule has 1 rings (SSSR count). The molecule has 11 heteroatoms. The maximum absolute atomic E-state index is 13.0. The van der Waals surface area contributed by atoms with Gasteiger partial charge in [0.25, 0.3) is 0 Å². The van der Waals surface area contributed by atoms with Crippen molar-refractivity contribution in [1.29, 1.82) is 0 Å². The van der Waals surface area contributed by atoms with E-state index in [0.717, 1.165) is 103 Å². The molecule has 0 aromatic heterocycles. The predicted octanol–water partition coefficient (Wildman–Crippen LogP) is 11.1. The molecular weight excluding hydrogens is 835 g/mol. The monoisotopic (exact) mass is 932 g/mol. The Kier molecular flexibility index (Phi) is 41.7. The van der Waals surface area contributed by atoms with Crippen molar-refractivity contribution in [3.63, 3.8) is 0 Å². The maximum atomic E-state index is 13.0. The number of ether oxygens (including phenoxy) is 3. The fraction of sp³-hybridized carbons (Fsp3) is 0.782. The number of rotatable bonds is 44. The zero-order chi connectivity index (χ0) is 48.1. The van der Waals surface area contributed by atoms with Crippen molar-refractivity contribution in [2.45, 2.75) is 256 Å². The van der Waals surface area contributed by atoms with Crippen molar-refractivity contribution < 1.29 is 49.3 Å². The zero-order valence-electron chi connectivity index (χ0n) is 41.6. The second-order valence-corrected chi connectivity index (χ2v) is 18.2. The highest BCUT2D eigenvalue weighted by atomic mass is 16.7. The van der Waals surface area contributed by atoms with E-state index in [1.807, 2.05) is 6.08 Å². The topological polar surface area (TPSA) is 175 Å². The number of aliphatic hydroxyl groups excluding tert-OH is 5. The summed E-state index contributed by atoms with van der Waals surface area (Å²) in [4.78, 5) is 25.0. The Labute approximate surface area is 401 Å². The van der Waals surface area contributed by atoms with Crippen LogP contribution < -0.4 is 5.32 Å². The van der Waals surface area contributed by atoms with Crippen LogP contribution in [-0.2, 0) is 23.8 Å². The molecule has 0 radical (unpaired) electrons. The van der Waals surface area contributed by atoms with Gasteiger partial charge in [0.15, 0.2) is 6.29 Å². The van der Waals surface area contributed by atoms with Gasteiger partial charge in [-0.05, 0) is 83.5 Å². The molecule has 1 amide bonds. The molecular formula is C55H97NO10. The summed E-state index contributed by atoms with van der Waals surface area (Å²) in [7, 11) is 0. The number of unbranched alkanes of at least 4 members (excludes halogenated alkanes) is 23. The molecule has 0 saturated carbocycles. The summed E-state index contributed by atoms with van der Waals surface area (Å²) < 4.78 is 16.6. The molecule has 1 aliphatic rings. The minimum Gasteiger partial charge on any atom is -0.466 e. The first-order valence-corrected chi connectivity index (χ1v) is 26.6. The summed E-state index contributed by atoms with van der Waals surface area (Å²) in [5.74, 6) is -0.266. The van der Waals surface area contributed by atoms with E-state index in [2.05, 4.69) is 67.8 Å². The summed E-state index contributed by atoms with van der Waals surface area (Å²) >= 11 is 0. The second-order valence-electron chi connectivity index (χ2n) is 18.2. The van der Waals surface area contributed by atoms with E-state index < -0.39 is 49.5 Å². The molecule has 7 unspecified atom stereocenters. The molecule has 0 aromatic carbocycles. The Balaban J connectivity index is 2.22. The van der Waals surface area contributed by atoms with Crippen molar-refractivity contribution in [2.75, 3.05) is 19.8 Å². The van der Waals surface area contributed by atoms with E-state index >= 15 is 0 Å². The van der Waals surface area contributed by atoms with Gasteiger partial charge in [-0.3, -0.25) is 9.59 Å². The largest absolute Gasteiger partial charge is 0.466 e. The van der Waals surface area contributed by atoms with Crippen LogP contribution in [0.15, 0.2) is 60.8 Å². The Hall–Kier alpha value is -2.64. The highest BCUT2D eigenvalue weighted by Crippen LogP contribution is 2.22. The van der Waals surface area contributed by atoms with E-state index in [-0.39, 0.29) is 18.5 Å². The number of carbonyl (C=O) groups excluding carboxylic acids is 2. The summed E-state index contributed by atoms with van der Waals surface area (Å²) in [6.07, 6.45) is 45.9. The van der Waals surface area contributed by atoms with Gasteiger partial charge < -0.3 is 45.1 Å². The third-order valence-electron chi connectivity index (χ3n) is 12.1. The van der Waals surface area contributed by atoms with Gasteiger partial charge >= 0.3 is 5.97 Å². The fourth-order valence-electron chi connectivity index (χ4n) is 7.79. The number of esters is 1. The van der Waals surface area contributed by atoms with Gasteiger partial charge in [-0.25, -0.2) is 0 Å². The zero-order valence-corrected chi connectivity index (χ0v) is 41.6. The van der Waals surface area contributed by atoms with Gasteiger partial charge in [-0.2, -0.15) is 0 Å². The third kappa shape index (κ3) is 34.6. The minimum atomic E-state index is -1.59. The summed E-state index contributed by atoms with van der Waals surface area (Å²) in [6.45, 7) is 4.17. The van der Waals surface area contributed by atoms with Gasteiger partial charge in [0.2, 0.25) is 5.91 Å². The Bertz CT molecular complexity index is 1280. The number of aliphatic hydroxyl groups is 5. The lowest BCUT2D eigenvalue weighted by Gasteiger charge is -2.40. The lowest BCUT2D eigenvalue weighted by Crippen LogP contribution is -2.60. The van der Waals surface area contributed by atoms with Crippen LogP contribution in [0.25, 0.3) is 0 Å². The molecule has 66 heavy (non-hydrogen) atoms. The van der Waals surface area contributed by atoms with Crippen molar-refractivity contribution in [2.24, 2.45) is 0 Å². The number of carbonyl (C=O) groups is 2. The SMILES string of the molecule is CCCC/C=C/CC/C=C/CC/C=C/C(O)C(COC1OC(CO)C(O)C(O)C1O)NC(=O)CCCCCCCC/C=C\C=C/CCCCCOC(=O)CCCCCCCCCCCCC. The number of hydrogen-bond donors (Lipinski definition) is 6. The van der Waals surface area contributed by atoms with E-state index in [9.17, 15) is 35.1 Å². The lowest BCUT2D eigenvalue weighted by atomic mass is 9.99. The Morgan fingerprint density at radius 2 is 1.05 bits per heavy atom. The third-order valence-corrected chi connectivity index (χ3v) is 12.1. The van der Waals surface area contributed by atoms with Crippen LogP contribution >= 0.6 is 0 Å². The molecule has 1 aliphatic heterocycles. The van der Waals surface area contributed by atoms with E-state index in [1.165, 1.54) is 70.6 Å². The summed E-state index contributed by atoms with van der Waals surface area (Å²) in [5.41, 5.74) is 0. The lowest BCUT2D eigenvalue weighted by molar-refractivity contribution is -0.302. The average Bonchev–Trinajstić information content (AvgIpc) is 3.31. The van der Waals surface area contributed by atoms with Crippen LogP contribution in [0.1, 0.15) is 213 Å². The molecule has 6 N–H and O–H groups in total. The van der Waals surface area contributed by atoms with E-state index in [0.29, 0.717) is 32.3 Å². The van der Waals surface area contributed by atoms with Gasteiger partial charge in [0, 0.05) is 12.8 Å². The van der Waals surface area contributed by atoms with Gasteiger partial charge in [0.1, 0.15) is 24.4 Å². The van der Waals surface area contributed by atoms with Crippen LogP contribution in [-0.4, -0.2) is 100 Å². The first-order chi connectivity index (χ1) is 32.2. The van der Waals surface area contributed by atoms with Crippen LogP contribution in [0.2, 0.25) is 0 Å². The maximum Gasteiger partial charge on any atom is 0.305 e. The van der Waals surface area contributed by atoms with Gasteiger partial charge in [-0.1, -0.05) is 177 Å². The van der Waals surface area contributed by atoms with Crippen molar-refractivity contribution in [1.82, 2.24) is 5.32 Å². The minimum absolute atomic E-state index is 0.0439. The highest BCUT2D eigenvalue weighted by Gasteiger charge is 2.44. The van der Waals surface area contributed by atoms with Crippen LogP contribution in [0.3, 0.4) is 0 Å². The Morgan fingerprint density at radius 1 is 0.561 bits per heavy atom. The summed E-state index contributed by atoms with van der Waals surface area (Å²) in [5, 5.41) is 54.2. The molecule has 0 aromatic rings. The second kappa shape index (κ2) is 44.8. The molecule has 0 aliphatic carbocycles. The molecule has 7 atom stereocenters. The van der Waals surface area contributed by atoms with Crippen molar-refractivity contribution >= 4 is 11.9 Å². The first-order valence-electron chi connectivity index (χ1n) is 26.6. The van der Waals surface area contributed by atoms with Crippen LogP contribution in [0.5, 0.6) is 0 Å². The smallest absolute Gasteiger partial charge is 0.305 e. The number of allylic oxidation sites excluding steroid dienone is 9. The van der Waals surface area contributed by atoms with E-state index in [1.54, 1.807) is 6.08 Å². The number of hydrogen-bond acceptors (Lipinski definition) is 10. The number of nitrogens with one attached hydrogen (secondary N) is 1. The average molecular weight is 932 g/mol. The molecule has 0 bridgehead atoms. The molecule has 0 spiro atoms.